The normalized spacial score (nSPS) is 15.4. The highest BCUT2D eigenvalue weighted by molar-refractivity contribution is 7.90. The molecule has 1 aromatic rings. The quantitative estimate of drug-likeness (QED) is 0.815. The van der Waals surface area contributed by atoms with Crippen molar-refractivity contribution in [2.45, 2.75) is 6.92 Å². The van der Waals surface area contributed by atoms with E-state index in [1.165, 1.54) is 0 Å². The van der Waals surface area contributed by atoms with Crippen LogP contribution >= 0.6 is 0 Å². The van der Waals surface area contributed by atoms with Crippen LogP contribution in [0.25, 0.3) is 0 Å². The number of carbonyl (C=O) groups is 1. The molecule has 1 aliphatic heterocycles. The van der Waals surface area contributed by atoms with Gasteiger partial charge in [0.25, 0.3) is 0 Å². The summed E-state index contributed by atoms with van der Waals surface area (Å²) in [5.41, 5.74) is 0.985. The van der Waals surface area contributed by atoms with Crippen molar-refractivity contribution >= 4 is 27.5 Å². The third-order valence-electron chi connectivity index (χ3n) is 2.35. The zero-order chi connectivity index (χ0) is 12.5. The summed E-state index contributed by atoms with van der Waals surface area (Å²) >= 11 is 0. The fraction of sp³-hybridized carbons (Fsp3) is 0.300. The molecule has 1 amide bonds. The third-order valence-corrected chi connectivity index (χ3v) is 3.91. The molecule has 0 saturated heterocycles. The Morgan fingerprint density at radius 3 is 2.82 bits per heavy atom. The number of para-hydroxylation sites is 2. The summed E-state index contributed by atoms with van der Waals surface area (Å²) in [5, 5.41) is 2.63. The highest BCUT2D eigenvalue weighted by atomic mass is 32.2. The molecule has 2 N–H and O–H groups in total. The molecule has 0 spiro atoms. The van der Waals surface area contributed by atoms with Crippen molar-refractivity contribution in [2.75, 3.05) is 22.7 Å². The lowest BCUT2D eigenvalue weighted by atomic mass is 10.2. The SMILES string of the molecule is CCNS(=O)(=O)N1CC(=O)Nc2ccccc21. The number of benzene rings is 1. The van der Waals surface area contributed by atoms with Gasteiger partial charge in [-0.15, -0.1) is 0 Å². The first-order chi connectivity index (χ1) is 8.04. The molecule has 0 aromatic heterocycles. The van der Waals surface area contributed by atoms with Gasteiger partial charge in [0, 0.05) is 6.54 Å². The number of rotatable bonds is 3. The Morgan fingerprint density at radius 2 is 2.12 bits per heavy atom. The molecule has 1 aliphatic rings. The van der Waals surface area contributed by atoms with Crippen LogP contribution in [0.5, 0.6) is 0 Å². The Balaban J connectivity index is 2.46. The van der Waals surface area contributed by atoms with Crippen LogP contribution in [0.1, 0.15) is 6.92 Å². The summed E-state index contributed by atoms with van der Waals surface area (Å²) in [7, 11) is -3.66. The van der Waals surface area contributed by atoms with Crippen LogP contribution in [0.15, 0.2) is 24.3 Å². The molecule has 0 bridgehead atoms. The smallest absolute Gasteiger partial charge is 0.302 e. The molecule has 0 saturated carbocycles. The maximum absolute atomic E-state index is 11.9. The van der Waals surface area contributed by atoms with Crippen LogP contribution < -0.4 is 14.3 Å². The van der Waals surface area contributed by atoms with Gasteiger partial charge in [-0.1, -0.05) is 19.1 Å². The van der Waals surface area contributed by atoms with Gasteiger partial charge in [-0.05, 0) is 12.1 Å². The fourth-order valence-corrected chi connectivity index (χ4v) is 2.90. The molecule has 0 radical (unpaired) electrons. The molecule has 0 unspecified atom stereocenters. The van der Waals surface area contributed by atoms with Crippen molar-refractivity contribution in [3.63, 3.8) is 0 Å². The van der Waals surface area contributed by atoms with Crippen LogP contribution in [-0.4, -0.2) is 27.4 Å². The Bertz CT molecular complexity index is 541. The van der Waals surface area contributed by atoms with Crippen LogP contribution in [0.3, 0.4) is 0 Å². The van der Waals surface area contributed by atoms with Crippen molar-refractivity contribution in [1.82, 2.24) is 4.72 Å². The van der Waals surface area contributed by atoms with E-state index in [1.807, 2.05) is 0 Å². The van der Waals surface area contributed by atoms with Crippen LogP contribution in [0, 0.1) is 0 Å². The number of fused-ring (bicyclic) bond motifs is 1. The van der Waals surface area contributed by atoms with Gasteiger partial charge in [0.1, 0.15) is 6.54 Å². The standard InChI is InChI=1S/C10H13N3O3S/c1-2-11-17(15,16)13-7-10(14)12-8-5-3-4-6-9(8)13/h3-6,11H,2,7H2,1H3,(H,12,14). The number of amides is 1. The van der Waals surface area contributed by atoms with Gasteiger partial charge in [-0.25, -0.2) is 4.31 Å². The lowest BCUT2D eigenvalue weighted by Crippen LogP contribution is -2.47. The summed E-state index contributed by atoms with van der Waals surface area (Å²) in [6.45, 7) is 1.77. The molecule has 6 nitrogen and oxygen atoms in total. The van der Waals surface area contributed by atoms with E-state index < -0.39 is 10.2 Å². The Morgan fingerprint density at radius 1 is 1.41 bits per heavy atom. The summed E-state index contributed by atoms with van der Waals surface area (Å²) in [4.78, 5) is 11.4. The van der Waals surface area contributed by atoms with Crippen LogP contribution in [0.4, 0.5) is 11.4 Å². The highest BCUT2D eigenvalue weighted by Gasteiger charge is 2.30. The molecule has 2 rings (SSSR count). The van der Waals surface area contributed by atoms with Gasteiger partial charge in [-0.3, -0.25) is 4.79 Å². The first-order valence-electron chi connectivity index (χ1n) is 5.21. The van der Waals surface area contributed by atoms with Crippen molar-refractivity contribution < 1.29 is 13.2 Å². The molecule has 0 aliphatic carbocycles. The largest absolute Gasteiger partial charge is 0.323 e. The molecule has 0 atom stereocenters. The topological polar surface area (TPSA) is 78.5 Å². The Hall–Kier alpha value is -1.60. The van der Waals surface area contributed by atoms with Crippen LogP contribution in [-0.2, 0) is 15.0 Å². The predicted octanol–water partition coefficient (Wildman–Crippen LogP) is 0.299. The Labute approximate surface area is 99.8 Å². The number of nitrogens with zero attached hydrogens (tertiary/aromatic N) is 1. The summed E-state index contributed by atoms with van der Waals surface area (Å²) in [5.74, 6) is -0.342. The zero-order valence-electron chi connectivity index (χ0n) is 9.30. The van der Waals surface area contributed by atoms with E-state index in [1.54, 1.807) is 31.2 Å². The van der Waals surface area contributed by atoms with Crippen molar-refractivity contribution in [3.05, 3.63) is 24.3 Å². The summed E-state index contributed by atoms with van der Waals surface area (Å²) in [6.07, 6.45) is 0. The lowest BCUT2D eigenvalue weighted by Gasteiger charge is -2.29. The van der Waals surface area contributed by atoms with E-state index in [0.717, 1.165) is 4.31 Å². The minimum atomic E-state index is -3.66. The predicted molar refractivity (Wildman–Crippen MR) is 65.0 cm³/mol. The number of nitrogens with one attached hydrogen (secondary N) is 2. The lowest BCUT2D eigenvalue weighted by molar-refractivity contribution is -0.115. The fourth-order valence-electron chi connectivity index (χ4n) is 1.68. The molecule has 17 heavy (non-hydrogen) atoms. The van der Waals surface area contributed by atoms with Gasteiger partial charge in [0.05, 0.1) is 11.4 Å². The van der Waals surface area contributed by atoms with Crippen molar-refractivity contribution in [1.29, 1.82) is 0 Å². The minimum absolute atomic E-state index is 0.202. The first-order valence-corrected chi connectivity index (χ1v) is 6.65. The van der Waals surface area contributed by atoms with Crippen molar-refractivity contribution in [2.24, 2.45) is 0 Å². The van der Waals surface area contributed by atoms with Gasteiger partial charge < -0.3 is 5.32 Å². The molecule has 7 heteroatoms. The number of hydrogen-bond donors (Lipinski definition) is 2. The third kappa shape index (κ3) is 2.25. The number of carbonyl (C=O) groups excluding carboxylic acids is 1. The zero-order valence-corrected chi connectivity index (χ0v) is 10.1. The maximum atomic E-state index is 11.9. The Kier molecular flexibility index (Phi) is 3.03. The highest BCUT2D eigenvalue weighted by Crippen LogP contribution is 2.30. The van der Waals surface area contributed by atoms with Gasteiger partial charge in [-0.2, -0.15) is 13.1 Å². The van der Waals surface area contributed by atoms with Gasteiger partial charge >= 0.3 is 10.2 Å². The van der Waals surface area contributed by atoms with Crippen molar-refractivity contribution in [3.8, 4) is 0 Å². The van der Waals surface area contributed by atoms with E-state index in [0.29, 0.717) is 11.4 Å². The van der Waals surface area contributed by atoms with Crippen LogP contribution in [0.2, 0.25) is 0 Å². The monoisotopic (exact) mass is 255 g/mol. The molecule has 0 fully saturated rings. The van der Waals surface area contributed by atoms with E-state index in [9.17, 15) is 13.2 Å². The molecular formula is C10H13N3O3S. The van der Waals surface area contributed by atoms with E-state index in [4.69, 9.17) is 0 Å². The van der Waals surface area contributed by atoms with Gasteiger partial charge in [0.2, 0.25) is 5.91 Å². The summed E-state index contributed by atoms with van der Waals surface area (Å²) in [6, 6.07) is 6.79. The van der Waals surface area contributed by atoms with Gasteiger partial charge in [0.15, 0.2) is 0 Å². The second kappa shape index (κ2) is 4.34. The average molecular weight is 255 g/mol. The first kappa shape index (κ1) is 11.9. The number of hydrogen-bond acceptors (Lipinski definition) is 3. The van der Waals surface area contributed by atoms with E-state index >= 15 is 0 Å². The minimum Gasteiger partial charge on any atom is -0.323 e. The molecule has 1 aromatic carbocycles. The molecule has 92 valence electrons. The van der Waals surface area contributed by atoms with E-state index in [-0.39, 0.29) is 19.0 Å². The number of anilines is 2. The summed E-state index contributed by atoms with van der Waals surface area (Å²) < 4.78 is 27.3. The maximum Gasteiger partial charge on any atom is 0.302 e. The van der Waals surface area contributed by atoms with E-state index in [2.05, 4.69) is 10.0 Å². The second-order valence-corrected chi connectivity index (χ2v) is 5.25. The molecular weight excluding hydrogens is 242 g/mol. The average Bonchev–Trinajstić information content (AvgIpc) is 2.27. The second-order valence-electron chi connectivity index (χ2n) is 3.57. The molecule has 1 heterocycles.